The van der Waals surface area contributed by atoms with E-state index in [2.05, 4.69) is 10.3 Å². The molecule has 0 aliphatic heterocycles. The molecule has 1 unspecified atom stereocenters. The van der Waals surface area contributed by atoms with Crippen molar-refractivity contribution < 1.29 is 19.4 Å². The normalized spacial score (nSPS) is 12.3. The maximum atomic E-state index is 12.1. The zero-order valence-electron chi connectivity index (χ0n) is 16.4. The summed E-state index contributed by atoms with van der Waals surface area (Å²) in [5.74, 6) is -1.02. The lowest BCUT2D eigenvalue weighted by Gasteiger charge is -2.23. The first-order valence-corrected chi connectivity index (χ1v) is 8.79. The van der Waals surface area contributed by atoms with E-state index in [4.69, 9.17) is 4.74 Å². The van der Waals surface area contributed by atoms with E-state index in [0.717, 1.165) is 22.3 Å². The fourth-order valence-electron chi connectivity index (χ4n) is 2.93. The number of carboxylic acids is 1. The third kappa shape index (κ3) is 5.81. The monoisotopic (exact) mass is 370 g/mol. The number of alkyl carbamates (subject to hydrolysis) is 1. The standard InChI is InChI=1S/C21H26N2O4/c1-13-7-6-8-14(2)19(13)16-9-15(11-22-12-16)17(10-18(24)25)23-20(26)27-21(3,4)5/h6-9,11-12,17H,10H2,1-5H3,(H,23,26)(H,24,25). The van der Waals surface area contributed by atoms with Gasteiger partial charge in [-0.1, -0.05) is 18.2 Å². The number of ether oxygens (including phenoxy) is 1. The summed E-state index contributed by atoms with van der Waals surface area (Å²) in [5, 5.41) is 11.9. The number of benzene rings is 1. The quantitative estimate of drug-likeness (QED) is 0.814. The second-order valence-corrected chi connectivity index (χ2v) is 7.57. The van der Waals surface area contributed by atoms with E-state index in [0.29, 0.717) is 5.56 Å². The SMILES string of the molecule is Cc1cccc(C)c1-c1cncc(C(CC(=O)O)NC(=O)OC(C)(C)C)c1. The van der Waals surface area contributed by atoms with Crippen LogP contribution in [-0.2, 0) is 9.53 Å². The molecule has 6 nitrogen and oxygen atoms in total. The molecule has 0 spiro atoms. The number of rotatable bonds is 5. The number of amides is 1. The highest BCUT2D eigenvalue weighted by Crippen LogP contribution is 2.29. The van der Waals surface area contributed by atoms with Gasteiger partial charge < -0.3 is 15.2 Å². The number of carbonyl (C=O) groups excluding carboxylic acids is 1. The number of hydrogen-bond donors (Lipinski definition) is 2. The molecule has 0 saturated carbocycles. The van der Waals surface area contributed by atoms with Crippen molar-refractivity contribution in [2.75, 3.05) is 0 Å². The van der Waals surface area contributed by atoms with E-state index in [1.54, 1.807) is 33.2 Å². The van der Waals surface area contributed by atoms with E-state index in [1.807, 2.05) is 38.1 Å². The van der Waals surface area contributed by atoms with Gasteiger partial charge >= 0.3 is 12.1 Å². The van der Waals surface area contributed by atoms with Crippen LogP contribution in [0.5, 0.6) is 0 Å². The Hall–Kier alpha value is -2.89. The molecular formula is C21H26N2O4. The van der Waals surface area contributed by atoms with Crippen LogP contribution in [0.1, 0.15) is 49.9 Å². The van der Waals surface area contributed by atoms with E-state index in [9.17, 15) is 14.7 Å². The van der Waals surface area contributed by atoms with Gasteiger partial charge in [0.15, 0.2) is 0 Å². The van der Waals surface area contributed by atoms with Gasteiger partial charge in [0.2, 0.25) is 0 Å². The Morgan fingerprint density at radius 2 is 1.81 bits per heavy atom. The van der Waals surface area contributed by atoms with Gasteiger partial charge in [-0.2, -0.15) is 0 Å². The van der Waals surface area contributed by atoms with Crippen molar-refractivity contribution in [2.45, 2.75) is 52.7 Å². The summed E-state index contributed by atoms with van der Waals surface area (Å²) in [6, 6.07) is 7.15. The van der Waals surface area contributed by atoms with Crippen molar-refractivity contribution in [3.05, 3.63) is 53.3 Å². The number of carboxylic acid groups (broad SMARTS) is 1. The van der Waals surface area contributed by atoms with Crippen LogP contribution in [-0.4, -0.2) is 27.8 Å². The van der Waals surface area contributed by atoms with Crippen LogP contribution < -0.4 is 5.32 Å². The molecule has 0 radical (unpaired) electrons. The average molecular weight is 370 g/mol. The highest BCUT2D eigenvalue weighted by Gasteiger charge is 2.23. The fraction of sp³-hybridized carbons (Fsp3) is 0.381. The first-order chi connectivity index (χ1) is 12.6. The number of aromatic nitrogens is 1. The van der Waals surface area contributed by atoms with Gasteiger partial charge in [0, 0.05) is 18.0 Å². The topological polar surface area (TPSA) is 88.5 Å². The molecular weight excluding hydrogens is 344 g/mol. The van der Waals surface area contributed by atoms with E-state index < -0.39 is 23.7 Å². The molecule has 2 N–H and O–H groups in total. The molecule has 27 heavy (non-hydrogen) atoms. The zero-order valence-corrected chi connectivity index (χ0v) is 16.4. The molecule has 1 atom stereocenters. The predicted molar refractivity (Wildman–Crippen MR) is 104 cm³/mol. The summed E-state index contributed by atoms with van der Waals surface area (Å²) in [6.45, 7) is 9.29. The van der Waals surface area contributed by atoms with Crippen LogP contribution in [0.25, 0.3) is 11.1 Å². The summed E-state index contributed by atoms with van der Waals surface area (Å²) in [4.78, 5) is 27.7. The largest absolute Gasteiger partial charge is 0.481 e. The molecule has 0 bridgehead atoms. The Bertz CT molecular complexity index is 820. The highest BCUT2D eigenvalue weighted by atomic mass is 16.6. The van der Waals surface area contributed by atoms with Gasteiger partial charge in [0.25, 0.3) is 0 Å². The molecule has 1 heterocycles. The Balaban J connectivity index is 2.36. The maximum absolute atomic E-state index is 12.1. The lowest BCUT2D eigenvalue weighted by atomic mass is 9.94. The van der Waals surface area contributed by atoms with Crippen molar-refractivity contribution >= 4 is 12.1 Å². The smallest absolute Gasteiger partial charge is 0.408 e. The number of carbonyl (C=O) groups is 2. The first kappa shape index (κ1) is 20.4. The van der Waals surface area contributed by atoms with Crippen molar-refractivity contribution in [3.8, 4) is 11.1 Å². The van der Waals surface area contributed by atoms with Gasteiger partial charge in [-0.3, -0.25) is 9.78 Å². The summed E-state index contributed by atoms with van der Waals surface area (Å²) < 4.78 is 5.26. The van der Waals surface area contributed by atoms with Gasteiger partial charge in [-0.15, -0.1) is 0 Å². The van der Waals surface area contributed by atoms with Crippen molar-refractivity contribution in [1.29, 1.82) is 0 Å². The molecule has 2 rings (SSSR count). The summed E-state index contributed by atoms with van der Waals surface area (Å²) in [6.07, 6.45) is 2.38. The molecule has 6 heteroatoms. The minimum absolute atomic E-state index is 0.267. The molecule has 1 amide bonds. The number of hydrogen-bond acceptors (Lipinski definition) is 4. The van der Waals surface area contributed by atoms with Crippen LogP contribution in [0.15, 0.2) is 36.7 Å². The minimum Gasteiger partial charge on any atom is -0.481 e. The number of aryl methyl sites for hydroxylation is 2. The van der Waals surface area contributed by atoms with Gasteiger partial charge in [-0.05, 0) is 62.9 Å². The van der Waals surface area contributed by atoms with Crippen LogP contribution in [0.3, 0.4) is 0 Å². The molecule has 1 aromatic carbocycles. The van der Waals surface area contributed by atoms with Gasteiger partial charge in [0.1, 0.15) is 5.60 Å². The van der Waals surface area contributed by atoms with Gasteiger partial charge in [-0.25, -0.2) is 4.79 Å². The van der Waals surface area contributed by atoms with Crippen LogP contribution in [0.4, 0.5) is 4.79 Å². The zero-order chi connectivity index (χ0) is 20.2. The van der Waals surface area contributed by atoms with Crippen LogP contribution >= 0.6 is 0 Å². The molecule has 0 aliphatic rings. The molecule has 144 valence electrons. The molecule has 0 aliphatic carbocycles. The number of aliphatic carboxylic acids is 1. The van der Waals surface area contributed by atoms with Crippen molar-refractivity contribution in [1.82, 2.24) is 10.3 Å². The molecule has 2 aromatic rings. The first-order valence-electron chi connectivity index (χ1n) is 8.79. The lowest BCUT2D eigenvalue weighted by molar-refractivity contribution is -0.137. The predicted octanol–water partition coefficient (Wildman–Crippen LogP) is 4.41. The fourth-order valence-corrected chi connectivity index (χ4v) is 2.93. The Morgan fingerprint density at radius 1 is 1.19 bits per heavy atom. The Morgan fingerprint density at radius 3 is 2.37 bits per heavy atom. The summed E-state index contributed by atoms with van der Waals surface area (Å²) in [5.41, 5.74) is 4.08. The Labute approximate surface area is 159 Å². The summed E-state index contributed by atoms with van der Waals surface area (Å²) in [7, 11) is 0. The Kier molecular flexibility index (Phi) is 6.20. The van der Waals surface area contributed by atoms with Crippen LogP contribution in [0.2, 0.25) is 0 Å². The van der Waals surface area contributed by atoms with Gasteiger partial charge in [0.05, 0.1) is 12.5 Å². The summed E-state index contributed by atoms with van der Waals surface area (Å²) >= 11 is 0. The molecule has 0 saturated heterocycles. The second-order valence-electron chi connectivity index (χ2n) is 7.57. The number of nitrogens with zero attached hydrogens (tertiary/aromatic N) is 1. The molecule has 1 aromatic heterocycles. The van der Waals surface area contributed by atoms with E-state index in [1.165, 1.54) is 0 Å². The second kappa shape index (κ2) is 8.20. The molecule has 0 fully saturated rings. The van der Waals surface area contributed by atoms with E-state index in [-0.39, 0.29) is 6.42 Å². The average Bonchev–Trinajstić information content (AvgIpc) is 2.52. The third-order valence-corrected chi connectivity index (χ3v) is 4.00. The van der Waals surface area contributed by atoms with Crippen molar-refractivity contribution in [2.24, 2.45) is 0 Å². The highest BCUT2D eigenvalue weighted by molar-refractivity contribution is 5.74. The van der Waals surface area contributed by atoms with Crippen LogP contribution in [0, 0.1) is 13.8 Å². The van der Waals surface area contributed by atoms with E-state index >= 15 is 0 Å². The third-order valence-electron chi connectivity index (χ3n) is 4.00. The van der Waals surface area contributed by atoms with Crippen molar-refractivity contribution in [3.63, 3.8) is 0 Å². The lowest BCUT2D eigenvalue weighted by Crippen LogP contribution is -2.35. The number of nitrogens with one attached hydrogen (secondary N) is 1. The maximum Gasteiger partial charge on any atom is 0.408 e. The minimum atomic E-state index is -1.02. The number of pyridine rings is 1.